The maximum absolute atomic E-state index is 12.0. The number of nitrogens with one attached hydrogen (secondary N) is 1. The number of carbonyl (C=O) groups is 1. The molecule has 0 aromatic rings. The Hall–Kier alpha value is -0.280. The van der Waals surface area contributed by atoms with Crippen LogP contribution in [0, 0.1) is 17.8 Å². The molecule has 0 spiro atoms. The molecule has 0 aliphatic heterocycles. The van der Waals surface area contributed by atoms with E-state index in [4.69, 9.17) is 5.73 Å². The minimum atomic E-state index is -0.688. The van der Waals surface area contributed by atoms with Gasteiger partial charge in [-0.25, -0.2) is 0 Å². The fourth-order valence-electron chi connectivity index (χ4n) is 3.69. The van der Waals surface area contributed by atoms with Crippen LogP contribution in [-0.2, 0) is 4.79 Å². The van der Waals surface area contributed by atoms with E-state index in [2.05, 4.69) is 12.2 Å². The zero-order valence-electron chi connectivity index (χ0n) is 11.6. The summed E-state index contributed by atoms with van der Waals surface area (Å²) in [6.45, 7) is 4.75. The summed E-state index contributed by atoms with van der Waals surface area (Å²) in [4.78, 5) is 12.0. The molecule has 2 fully saturated rings. The normalized spacial score (nSPS) is 32.7. The second-order valence-corrected chi connectivity index (χ2v) is 6.31. The molecule has 2 rings (SSSR count). The summed E-state index contributed by atoms with van der Waals surface area (Å²) >= 11 is 0. The molecule has 3 nitrogen and oxygen atoms in total. The zero-order chi connectivity index (χ0) is 12.5. The van der Waals surface area contributed by atoms with Gasteiger partial charge >= 0.3 is 0 Å². The van der Waals surface area contributed by atoms with Crippen molar-refractivity contribution >= 4 is 18.3 Å². The highest BCUT2D eigenvalue weighted by atomic mass is 35.5. The van der Waals surface area contributed by atoms with E-state index in [1.54, 1.807) is 0 Å². The first kappa shape index (κ1) is 15.8. The molecule has 4 atom stereocenters. The van der Waals surface area contributed by atoms with Crippen LogP contribution in [0.2, 0.25) is 0 Å². The maximum Gasteiger partial charge on any atom is 0.239 e. The number of hydrogen-bond donors (Lipinski definition) is 2. The van der Waals surface area contributed by atoms with Crippen LogP contribution in [0.4, 0.5) is 0 Å². The molecule has 0 aromatic heterocycles. The first-order chi connectivity index (χ1) is 8.03. The monoisotopic (exact) mass is 274 g/mol. The van der Waals surface area contributed by atoms with Crippen molar-refractivity contribution in [3.8, 4) is 0 Å². The number of hydrogen-bond acceptors (Lipinski definition) is 2. The molecule has 4 unspecified atom stereocenters. The van der Waals surface area contributed by atoms with Crippen LogP contribution in [0.3, 0.4) is 0 Å². The molecule has 0 heterocycles. The molecule has 18 heavy (non-hydrogen) atoms. The Morgan fingerprint density at radius 2 is 2.11 bits per heavy atom. The summed E-state index contributed by atoms with van der Waals surface area (Å²) in [5.41, 5.74) is 5.33. The summed E-state index contributed by atoms with van der Waals surface area (Å²) in [6, 6.07) is 0. The Kier molecular flexibility index (Phi) is 5.47. The fraction of sp³-hybridized carbons (Fsp3) is 0.929. The van der Waals surface area contributed by atoms with E-state index >= 15 is 0 Å². The quantitative estimate of drug-likeness (QED) is 0.809. The number of rotatable bonds is 5. The predicted octanol–water partition coefficient (Wildman–Crippen LogP) is 2.48. The molecule has 106 valence electrons. The molecule has 0 radical (unpaired) electrons. The third kappa shape index (κ3) is 3.39. The van der Waals surface area contributed by atoms with Gasteiger partial charge in [-0.1, -0.05) is 19.8 Å². The zero-order valence-corrected chi connectivity index (χ0v) is 12.4. The van der Waals surface area contributed by atoms with Crippen molar-refractivity contribution in [2.45, 2.75) is 57.9 Å². The van der Waals surface area contributed by atoms with Gasteiger partial charge in [0, 0.05) is 6.54 Å². The highest BCUT2D eigenvalue weighted by Crippen LogP contribution is 2.47. The van der Waals surface area contributed by atoms with Gasteiger partial charge < -0.3 is 11.1 Å². The largest absolute Gasteiger partial charge is 0.354 e. The number of nitrogens with two attached hydrogens (primary N) is 1. The van der Waals surface area contributed by atoms with Crippen LogP contribution >= 0.6 is 12.4 Å². The first-order valence-electron chi connectivity index (χ1n) is 7.10. The van der Waals surface area contributed by atoms with Gasteiger partial charge in [0.05, 0.1) is 5.54 Å². The summed E-state index contributed by atoms with van der Waals surface area (Å²) in [7, 11) is 0. The molecule has 0 saturated heterocycles. The van der Waals surface area contributed by atoms with E-state index in [9.17, 15) is 4.79 Å². The topological polar surface area (TPSA) is 55.1 Å². The van der Waals surface area contributed by atoms with Crippen LogP contribution in [-0.4, -0.2) is 18.0 Å². The van der Waals surface area contributed by atoms with Crippen LogP contribution in [0.5, 0.6) is 0 Å². The van der Waals surface area contributed by atoms with E-state index in [-0.39, 0.29) is 18.3 Å². The molecule has 0 aromatic carbocycles. The Labute approximate surface area is 117 Å². The molecule has 3 N–H and O–H groups in total. The predicted molar refractivity (Wildman–Crippen MR) is 76.7 cm³/mol. The van der Waals surface area contributed by atoms with Crippen LogP contribution in [0.15, 0.2) is 0 Å². The summed E-state index contributed by atoms with van der Waals surface area (Å²) in [5, 5.41) is 3.07. The Morgan fingerprint density at radius 1 is 1.39 bits per heavy atom. The summed E-state index contributed by atoms with van der Waals surface area (Å²) in [6.07, 6.45) is 7.22. The molecule has 2 bridgehead atoms. The van der Waals surface area contributed by atoms with E-state index < -0.39 is 5.54 Å². The first-order valence-corrected chi connectivity index (χ1v) is 7.10. The highest BCUT2D eigenvalue weighted by molar-refractivity contribution is 5.85. The number of halogens is 1. The molecular weight excluding hydrogens is 248 g/mol. The molecule has 4 heteroatoms. The third-order valence-electron chi connectivity index (χ3n) is 4.70. The van der Waals surface area contributed by atoms with Crippen molar-refractivity contribution < 1.29 is 4.79 Å². The summed E-state index contributed by atoms with van der Waals surface area (Å²) < 4.78 is 0. The minimum Gasteiger partial charge on any atom is -0.354 e. The van der Waals surface area contributed by atoms with E-state index in [0.717, 1.165) is 37.1 Å². The van der Waals surface area contributed by atoms with E-state index in [1.165, 1.54) is 25.7 Å². The van der Waals surface area contributed by atoms with E-state index in [0.29, 0.717) is 0 Å². The Balaban J connectivity index is 0.00000162. The number of fused-ring (bicyclic) bond motifs is 2. The van der Waals surface area contributed by atoms with Crippen LogP contribution in [0.25, 0.3) is 0 Å². The van der Waals surface area contributed by atoms with Gasteiger partial charge in [-0.3, -0.25) is 4.79 Å². The van der Waals surface area contributed by atoms with E-state index in [1.807, 2.05) is 6.92 Å². The molecule has 1 amide bonds. The SMILES string of the molecule is CCCC(C)(N)C(=O)NCC1CC2CCC1C2.Cl. The van der Waals surface area contributed by atoms with Gasteiger partial charge in [-0.2, -0.15) is 0 Å². The average Bonchev–Trinajstić information content (AvgIpc) is 2.87. The van der Waals surface area contributed by atoms with Crippen molar-refractivity contribution in [2.75, 3.05) is 6.54 Å². The standard InChI is InChI=1S/C14H26N2O.ClH/c1-3-6-14(2,15)13(17)16-9-12-8-10-4-5-11(12)7-10;/h10-12H,3-9,15H2,1-2H3,(H,16,17);1H. The van der Waals surface area contributed by atoms with Crippen molar-refractivity contribution in [3.63, 3.8) is 0 Å². The van der Waals surface area contributed by atoms with Crippen molar-refractivity contribution in [1.82, 2.24) is 5.32 Å². The van der Waals surface area contributed by atoms with Gasteiger partial charge in [0.15, 0.2) is 0 Å². The highest BCUT2D eigenvalue weighted by Gasteiger charge is 2.39. The molecule has 2 aliphatic rings. The molecular formula is C14H27ClN2O. The average molecular weight is 275 g/mol. The van der Waals surface area contributed by atoms with Crippen molar-refractivity contribution in [1.29, 1.82) is 0 Å². The van der Waals surface area contributed by atoms with Crippen molar-refractivity contribution in [3.05, 3.63) is 0 Å². The smallest absolute Gasteiger partial charge is 0.239 e. The number of carbonyl (C=O) groups excluding carboxylic acids is 1. The van der Waals surface area contributed by atoms with Crippen LogP contribution in [0.1, 0.15) is 52.4 Å². The third-order valence-corrected chi connectivity index (χ3v) is 4.70. The minimum absolute atomic E-state index is 0. The van der Waals surface area contributed by atoms with Crippen LogP contribution < -0.4 is 11.1 Å². The Morgan fingerprint density at radius 3 is 2.61 bits per heavy atom. The Bertz CT molecular complexity index is 294. The second kappa shape index (κ2) is 6.25. The van der Waals surface area contributed by atoms with Gasteiger partial charge in [0.25, 0.3) is 0 Å². The lowest BCUT2D eigenvalue weighted by Crippen LogP contribution is -2.52. The van der Waals surface area contributed by atoms with Gasteiger partial charge in [-0.05, 0) is 50.4 Å². The second-order valence-electron chi connectivity index (χ2n) is 6.31. The molecule has 2 saturated carbocycles. The van der Waals surface area contributed by atoms with Gasteiger partial charge in [-0.15, -0.1) is 12.4 Å². The van der Waals surface area contributed by atoms with Gasteiger partial charge in [0.1, 0.15) is 0 Å². The van der Waals surface area contributed by atoms with Gasteiger partial charge in [0.2, 0.25) is 5.91 Å². The lowest BCUT2D eigenvalue weighted by Gasteiger charge is -2.26. The number of amides is 1. The summed E-state index contributed by atoms with van der Waals surface area (Å²) in [5.74, 6) is 2.56. The lowest BCUT2D eigenvalue weighted by atomic mass is 9.88. The maximum atomic E-state index is 12.0. The molecule has 2 aliphatic carbocycles. The van der Waals surface area contributed by atoms with Crippen molar-refractivity contribution in [2.24, 2.45) is 23.5 Å². The fourth-order valence-corrected chi connectivity index (χ4v) is 3.69. The lowest BCUT2D eigenvalue weighted by molar-refractivity contribution is -0.126.